The Bertz CT molecular complexity index is 802. The van der Waals surface area contributed by atoms with Crippen molar-refractivity contribution in [2.45, 2.75) is 33.3 Å². The minimum absolute atomic E-state index is 0.0838. The average Bonchev–Trinajstić information content (AvgIpc) is 2.56. The lowest BCUT2D eigenvalue weighted by atomic mass is 9.84. The summed E-state index contributed by atoms with van der Waals surface area (Å²) in [6.07, 6.45) is -0.708. The van der Waals surface area contributed by atoms with Gasteiger partial charge in [0.05, 0.1) is 0 Å². The summed E-state index contributed by atoms with van der Waals surface area (Å²) in [7, 11) is 0. The molecule has 0 spiro atoms. The van der Waals surface area contributed by atoms with Crippen molar-refractivity contribution in [2.75, 3.05) is 13.1 Å². The van der Waals surface area contributed by atoms with Gasteiger partial charge in [0.15, 0.2) is 11.6 Å². The molecule has 2 amide bonds. The van der Waals surface area contributed by atoms with Crippen molar-refractivity contribution in [3.8, 4) is 0 Å². The molecule has 0 unspecified atom stereocenters. The lowest BCUT2D eigenvalue weighted by Gasteiger charge is -2.20. The molecule has 0 saturated carbocycles. The SMILES string of the molecule is CC1=C(CNC(=O)CNC(=O)OC(C)(C)C)C(=O)c2ccccc2C1=O. The van der Waals surface area contributed by atoms with Gasteiger partial charge in [-0.05, 0) is 27.7 Å². The van der Waals surface area contributed by atoms with Crippen molar-refractivity contribution < 1.29 is 23.9 Å². The third kappa shape index (κ3) is 4.56. The number of rotatable bonds is 4. The van der Waals surface area contributed by atoms with E-state index in [2.05, 4.69) is 10.6 Å². The molecule has 0 atom stereocenters. The minimum atomic E-state index is -0.708. The number of hydrogen-bond acceptors (Lipinski definition) is 5. The van der Waals surface area contributed by atoms with Crippen LogP contribution in [0.3, 0.4) is 0 Å². The Labute approximate surface area is 151 Å². The van der Waals surface area contributed by atoms with E-state index < -0.39 is 17.6 Å². The van der Waals surface area contributed by atoms with Crippen molar-refractivity contribution in [3.63, 3.8) is 0 Å². The van der Waals surface area contributed by atoms with Gasteiger partial charge in [-0.25, -0.2) is 4.79 Å². The largest absolute Gasteiger partial charge is 0.444 e. The van der Waals surface area contributed by atoms with Gasteiger partial charge in [0.2, 0.25) is 5.91 Å². The third-order valence-electron chi connectivity index (χ3n) is 3.74. The Balaban J connectivity index is 1.96. The molecule has 138 valence electrons. The molecule has 0 aromatic heterocycles. The van der Waals surface area contributed by atoms with Crippen LogP contribution in [0.2, 0.25) is 0 Å². The molecule has 2 rings (SSSR count). The number of fused-ring (bicyclic) bond motifs is 1. The number of amides is 2. The molecule has 1 aromatic rings. The summed E-state index contributed by atoms with van der Waals surface area (Å²) in [6, 6.07) is 6.59. The summed E-state index contributed by atoms with van der Waals surface area (Å²) in [5, 5.41) is 4.88. The predicted molar refractivity (Wildman–Crippen MR) is 95.0 cm³/mol. The number of Topliss-reactive ketones (excluding diaryl/α,β-unsaturated/α-hetero) is 2. The fourth-order valence-corrected chi connectivity index (χ4v) is 2.48. The number of alkyl carbamates (subject to hydrolysis) is 1. The molecule has 0 bridgehead atoms. The topological polar surface area (TPSA) is 102 Å². The van der Waals surface area contributed by atoms with Crippen LogP contribution in [0.5, 0.6) is 0 Å². The summed E-state index contributed by atoms with van der Waals surface area (Å²) in [5.74, 6) is -0.996. The Hall–Kier alpha value is -2.96. The Morgan fingerprint density at radius 1 is 1.00 bits per heavy atom. The highest BCUT2D eigenvalue weighted by molar-refractivity contribution is 6.26. The molecule has 7 heteroatoms. The first-order valence-electron chi connectivity index (χ1n) is 8.22. The number of nitrogens with one attached hydrogen (secondary N) is 2. The molecule has 1 aromatic carbocycles. The number of carbonyl (C=O) groups excluding carboxylic acids is 4. The molecule has 2 N–H and O–H groups in total. The summed E-state index contributed by atoms with van der Waals surface area (Å²) >= 11 is 0. The number of carbonyl (C=O) groups is 4. The van der Waals surface area contributed by atoms with Gasteiger partial charge in [-0.15, -0.1) is 0 Å². The lowest BCUT2D eigenvalue weighted by Crippen LogP contribution is -2.41. The van der Waals surface area contributed by atoms with Crippen molar-refractivity contribution in [2.24, 2.45) is 0 Å². The van der Waals surface area contributed by atoms with Crippen LogP contribution >= 0.6 is 0 Å². The minimum Gasteiger partial charge on any atom is -0.444 e. The van der Waals surface area contributed by atoms with Crippen LogP contribution < -0.4 is 10.6 Å². The quantitative estimate of drug-likeness (QED) is 0.857. The van der Waals surface area contributed by atoms with Crippen LogP contribution in [0.15, 0.2) is 35.4 Å². The Morgan fingerprint density at radius 2 is 1.58 bits per heavy atom. The first-order valence-corrected chi connectivity index (χ1v) is 8.22. The monoisotopic (exact) mass is 358 g/mol. The van der Waals surface area contributed by atoms with Gasteiger partial charge in [0.25, 0.3) is 0 Å². The lowest BCUT2D eigenvalue weighted by molar-refractivity contribution is -0.120. The number of benzene rings is 1. The summed E-state index contributed by atoms with van der Waals surface area (Å²) in [5.41, 5.74) is 0.606. The molecular formula is C19H22N2O5. The molecule has 26 heavy (non-hydrogen) atoms. The highest BCUT2D eigenvalue weighted by Gasteiger charge is 2.29. The van der Waals surface area contributed by atoms with Gasteiger partial charge in [0, 0.05) is 28.8 Å². The normalized spacial score (nSPS) is 14.0. The molecule has 0 saturated heterocycles. The highest BCUT2D eigenvalue weighted by Crippen LogP contribution is 2.25. The third-order valence-corrected chi connectivity index (χ3v) is 3.74. The second-order valence-corrected chi connectivity index (χ2v) is 6.94. The van der Waals surface area contributed by atoms with Crippen molar-refractivity contribution in [1.82, 2.24) is 10.6 Å². The Kier molecular flexibility index (Phi) is 5.59. The molecule has 1 aliphatic rings. The summed E-state index contributed by atoms with van der Waals surface area (Å²) in [6.45, 7) is 6.33. The van der Waals surface area contributed by atoms with Crippen LogP contribution in [-0.4, -0.2) is 42.3 Å². The van der Waals surface area contributed by atoms with E-state index in [1.54, 1.807) is 52.0 Å². The fourth-order valence-electron chi connectivity index (χ4n) is 2.48. The average molecular weight is 358 g/mol. The van der Waals surface area contributed by atoms with Gasteiger partial charge >= 0.3 is 6.09 Å². The molecule has 1 aliphatic carbocycles. The first-order chi connectivity index (χ1) is 12.1. The standard InChI is InChI=1S/C19H22N2O5/c1-11-14(17(24)13-8-6-5-7-12(13)16(11)23)9-20-15(22)10-21-18(25)26-19(2,3)4/h5-8H,9-10H2,1-4H3,(H,20,22)(H,21,25). The fraction of sp³-hybridized carbons (Fsp3) is 0.368. The van der Waals surface area contributed by atoms with Gasteiger partial charge in [-0.1, -0.05) is 24.3 Å². The van der Waals surface area contributed by atoms with Crippen LogP contribution in [0.1, 0.15) is 48.4 Å². The van der Waals surface area contributed by atoms with Crippen molar-refractivity contribution in [3.05, 3.63) is 46.5 Å². The number of hydrogen-bond donors (Lipinski definition) is 2. The second kappa shape index (κ2) is 7.51. The number of ketones is 2. The van der Waals surface area contributed by atoms with Gasteiger partial charge in [-0.3, -0.25) is 14.4 Å². The van der Waals surface area contributed by atoms with E-state index in [0.29, 0.717) is 16.7 Å². The second-order valence-electron chi connectivity index (χ2n) is 6.94. The maximum Gasteiger partial charge on any atom is 0.408 e. The summed E-state index contributed by atoms with van der Waals surface area (Å²) < 4.78 is 5.03. The zero-order valence-electron chi connectivity index (χ0n) is 15.3. The zero-order chi connectivity index (χ0) is 19.5. The highest BCUT2D eigenvalue weighted by atomic mass is 16.6. The molecule has 0 aliphatic heterocycles. The first kappa shape index (κ1) is 19.4. The molecular weight excluding hydrogens is 336 g/mol. The van der Waals surface area contributed by atoms with E-state index >= 15 is 0 Å². The Morgan fingerprint density at radius 3 is 2.15 bits per heavy atom. The number of allylic oxidation sites excluding steroid dienone is 1. The van der Waals surface area contributed by atoms with Gasteiger partial charge in [-0.2, -0.15) is 0 Å². The summed E-state index contributed by atoms with van der Waals surface area (Å²) in [4.78, 5) is 48.4. The smallest absolute Gasteiger partial charge is 0.408 e. The van der Waals surface area contributed by atoms with Crippen LogP contribution in [0.25, 0.3) is 0 Å². The van der Waals surface area contributed by atoms with Crippen LogP contribution in [0, 0.1) is 0 Å². The van der Waals surface area contributed by atoms with Gasteiger partial charge < -0.3 is 15.4 Å². The molecule has 0 heterocycles. The van der Waals surface area contributed by atoms with Crippen molar-refractivity contribution >= 4 is 23.6 Å². The van der Waals surface area contributed by atoms with Crippen molar-refractivity contribution in [1.29, 1.82) is 0 Å². The van der Waals surface area contributed by atoms with Crippen LogP contribution in [0.4, 0.5) is 4.79 Å². The molecule has 0 fully saturated rings. The van der Waals surface area contributed by atoms with E-state index in [1.165, 1.54) is 0 Å². The van der Waals surface area contributed by atoms with E-state index in [-0.39, 0.29) is 30.2 Å². The van der Waals surface area contributed by atoms with Gasteiger partial charge in [0.1, 0.15) is 12.1 Å². The van der Waals surface area contributed by atoms with Crippen LogP contribution in [-0.2, 0) is 9.53 Å². The molecule has 0 radical (unpaired) electrons. The zero-order valence-corrected chi connectivity index (χ0v) is 15.3. The number of ether oxygens (including phenoxy) is 1. The van der Waals surface area contributed by atoms with E-state index in [1.807, 2.05) is 0 Å². The van der Waals surface area contributed by atoms with E-state index in [0.717, 1.165) is 0 Å². The maximum absolute atomic E-state index is 12.6. The predicted octanol–water partition coefficient (Wildman–Crippen LogP) is 2.02. The maximum atomic E-state index is 12.6. The van der Waals surface area contributed by atoms with E-state index in [9.17, 15) is 19.2 Å². The molecule has 7 nitrogen and oxygen atoms in total. The van der Waals surface area contributed by atoms with E-state index in [4.69, 9.17) is 4.74 Å².